The number of hydrogen-bond acceptors (Lipinski definition) is 5. The van der Waals surface area contributed by atoms with Gasteiger partial charge < -0.3 is 0 Å². The molecule has 0 saturated carbocycles. The Morgan fingerprint density at radius 3 is 2.50 bits per heavy atom. The van der Waals surface area contributed by atoms with E-state index in [9.17, 15) is 16.8 Å². The number of nitriles is 1. The normalized spacial score (nSPS) is 12.0. The third-order valence-corrected chi connectivity index (χ3v) is 5.46. The van der Waals surface area contributed by atoms with Crippen molar-refractivity contribution < 1.29 is 16.8 Å². The maximum absolute atomic E-state index is 11.4. The van der Waals surface area contributed by atoms with Gasteiger partial charge in [-0.2, -0.15) is 5.26 Å². The molecule has 1 aromatic rings. The van der Waals surface area contributed by atoms with Crippen LogP contribution >= 0.6 is 0 Å². The molecule has 8 heteroatoms. The van der Waals surface area contributed by atoms with E-state index in [1.54, 1.807) is 18.2 Å². The average Bonchev–Trinajstić information content (AvgIpc) is 2.24. The fourth-order valence-electron chi connectivity index (χ4n) is 1.27. The van der Waals surface area contributed by atoms with Gasteiger partial charge in [-0.3, -0.25) is 0 Å². The van der Waals surface area contributed by atoms with E-state index in [0.29, 0.717) is 11.1 Å². The van der Waals surface area contributed by atoms with Gasteiger partial charge in [-0.15, -0.1) is 0 Å². The highest BCUT2D eigenvalue weighted by Crippen LogP contribution is 2.04. The van der Waals surface area contributed by atoms with Gasteiger partial charge in [0, 0.05) is 12.8 Å². The zero-order valence-electron chi connectivity index (χ0n) is 9.62. The molecular formula is C10H12N2O4S2. The van der Waals surface area contributed by atoms with Gasteiger partial charge in [-0.25, -0.2) is 21.6 Å². The Labute approximate surface area is 106 Å². The maximum Gasteiger partial charge on any atom is 0.226 e. The zero-order chi connectivity index (χ0) is 13.8. The van der Waals surface area contributed by atoms with Crippen LogP contribution in [0, 0.1) is 11.3 Å². The molecule has 0 atom stereocenters. The summed E-state index contributed by atoms with van der Waals surface area (Å²) in [4.78, 5) is 0. The fraction of sp³-hybridized carbons (Fsp3) is 0.300. The highest BCUT2D eigenvalue weighted by Gasteiger charge is 2.17. The highest BCUT2D eigenvalue weighted by atomic mass is 32.3. The van der Waals surface area contributed by atoms with Gasteiger partial charge in [0.1, 0.15) is 0 Å². The standard InChI is InChI=1S/C10H12N2O4S2/c1-17(13,14)8-18(15,16)12-7-10-4-2-3-9(5-10)6-11/h2-5,12H,7-8H2,1H3. The molecule has 0 saturated heterocycles. The number of sulfone groups is 1. The molecule has 98 valence electrons. The Morgan fingerprint density at radius 1 is 1.28 bits per heavy atom. The molecule has 0 unspecified atom stereocenters. The van der Waals surface area contributed by atoms with E-state index in [4.69, 9.17) is 5.26 Å². The van der Waals surface area contributed by atoms with E-state index in [1.807, 2.05) is 6.07 Å². The third-order valence-electron chi connectivity index (χ3n) is 1.92. The molecule has 1 N–H and O–H groups in total. The lowest BCUT2D eigenvalue weighted by Gasteiger charge is -2.05. The lowest BCUT2D eigenvalue weighted by atomic mass is 10.1. The summed E-state index contributed by atoms with van der Waals surface area (Å²) in [6.07, 6.45) is 0.850. The van der Waals surface area contributed by atoms with Crippen LogP contribution in [0.2, 0.25) is 0 Å². The quantitative estimate of drug-likeness (QED) is 0.820. The van der Waals surface area contributed by atoms with Gasteiger partial charge in [-0.05, 0) is 17.7 Å². The van der Waals surface area contributed by atoms with Crippen molar-refractivity contribution in [2.75, 3.05) is 11.3 Å². The first kappa shape index (κ1) is 14.6. The summed E-state index contributed by atoms with van der Waals surface area (Å²) < 4.78 is 46.8. The van der Waals surface area contributed by atoms with Crippen LogP contribution in [0.15, 0.2) is 24.3 Å². The van der Waals surface area contributed by atoms with Crippen molar-refractivity contribution in [3.8, 4) is 6.07 Å². The Bertz CT molecular complexity index is 672. The van der Waals surface area contributed by atoms with E-state index in [2.05, 4.69) is 4.72 Å². The first-order valence-electron chi connectivity index (χ1n) is 4.86. The van der Waals surface area contributed by atoms with Crippen LogP contribution < -0.4 is 4.72 Å². The fourth-order valence-corrected chi connectivity index (χ4v) is 4.24. The monoisotopic (exact) mass is 288 g/mol. The van der Waals surface area contributed by atoms with Crippen LogP contribution in [0.3, 0.4) is 0 Å². The molecule has 0 amide bonds. The molecule has 0 radical (unpaired) electrons. The lowest BCUT2D eigenvalue weighted by molar-refractivity contribution is 0.580. The molecule has 0 aliphatic rings. The summed E-state index contributed by atoms with van der Waals surface area (Å²) in [6.45, 7) is -0.0482. The van der Waals surface area contributed by atoms with Crippen molar-refractivity contribution in [1.29, 1.82) is 5.26 Å². The van der Waals surface area contributed by atoms with Crippen LogP contribution in [-0.4, -0.2) is 28.2 Å². The highest BCUT2D eigenvalue weighted by molar-refractivity contribution is 8.06. The first-order valence-corrected chi connectivity index (χ1v) is 8.57. The summed E-state index contributed by atoms with van der Waals surface area (Å²) in [5, 5.41) is 7.73. The number of nitrogens with zero attached hydrogens (tertiary/aromatic N) is 1. The summed E-state index contributed by atoms with van der Waals surface area (Å²) in [5.74, 6) is 0. The average molecular weight is 288 g/mol. The van der Waals surface area contributed by atoms with E-state index in [1.165, 1.54) is 6.07 Å². The Kier molecular flexibility index (Phi) is 4.45. The molecule has 0 spiro atoms. The van der Waals surface area contributed by atoms with Gasteiger partial charge in [0.25, 0.3) is 0 Å². The second kappa shape index (κ2) is 5.48. The summed E-state index contributed by atoms with van der Waals surface area (Å²) in [5.41, 5.74) is 1.00. The van der Waals surface area contributed by atoms with Crippen molar-refractivity contribution >= 4 is 19.9 Å². The zero-order valence-corrected chi connectivity index (χ0v) is 11.3. The number of sulfonamides is 1. The molecule has 1 rings (SSSR count). The van der Waals surface area contributed by atoms with E-state index in [0.717, 1.165) is 6.26 Å². The van der Waals surface area contributed by atoms with E-state index >= 15 is 0 Å². The van der Waals surface area contributed by atoms with Crippen LogP contribution in [-0.2, 0) is 26.4 Å². The maximum atomic E-state index is 11.4. The van der Waals surface area contributed by atoms with Crippen LogP contribution in [0.5, 0.6) is 0 Å². The molecule has 0 fully saturated rings. The van der Waals surface area contributed by atoms with Gasteiger partial charge in [0.2, 0.25) is 10.0 Å². The van der Waals surface area contributed by atoms with E-state index in [-0.39, 0.29) is 6.54 Å². The predicted molar refractivity (Wildman–Crippen MR) is 66.6 cm³/mol. The number of hydrogen-bond donors (Lipinski definition) is 1. The first-order chi connectivity index (χ1) is 8.22. The second-order valence-electron chi connectivity index (χ2n) is 3.79. The number of benzene rings is 1. The predicted octanol–water partition coefficient (Wildman–Crippen LogP) is -0.0202. The van der Waals surface area contributed by atoms with Crippen LogP contribution in [0.4, 0.5) is 0 Å². The summed E-state index contributed by atoms with van der Waals surface area (Å²) in [6, 6.07) is 8.32. The Hall–Kier alpha value is -1.43. The van der Waals surface area contributed by atoms with Gasteiger partial charge in [0.05, 0.1) is 11.6 Å². The number of rotatable bonds is 5. The molecular weight excluding hydrogens is 276 g/mol. The molecule has 0 bridgehead atoms. The van der Waals surface area contributed by atoms with Crippen molar-refractivity contribution in [3.63, 3.8) is 0 Å². The smallest absolute Gasteiger partial charge is 0.226 e. The van der Waals surface area contributed by atoms with E-state index < -0.39 is 24.9 Å². The van der Waals surface area contributed by atoms with Gasteiger partial charge in [-0.1, -0.05) is 12.1 Å². The Balaban J connectivity index is 2.74. The minimum absolute atomic E-state index is 0.0482. The third kappa shape index (κ3) is 5.27. The lowest BCUT2D eigenvalue weighted by Crippen LogP contribution is -2.29. The van der Waals surface area contributed by atoms with Crippen molar-refractivity contribution in [1.82, 2.24) is 4.72 Å². The second-order valence-corrected chi connectivity index (χ2v) is 8.10. The molecule has 0 aromatic heterocycles. The van der Waals surface area contributed by atoms with Crippen molar-refractivity contribution in [3.05, 3.63) is 35.4 Å². The molecule has 0 heterocycles. The molecule has 0 aliphatic carbocycles. The SMILES string of the molecule is CS(=O)(=O)CS(=O)(=O)NCc1cccc(C#N)c1. The largest absolute Gasteiger partial charge is 0.228 e. The van der Waals surface area contributed by atoms with Crippen LogP contribution in [0.1, 0.15) is 11.1 Å². The van der Waals surface area contributed by atoms with Gasteiger partial charge >= 0.3 is 0 Å². The minimum atomic E-state index is -3.88. The van der Waals surface area contributed by atoms with Gasteiger partial charge in [0.15, 0.2) is 14.9 Å². The molecule has 1 aromatic carbocycles. The summed E-state index contributed by atoms with van der Waals surface area (Å²) >= 11 is 0. The summed E-state index contributed by atoms with van der Waals surface area (Å²) in [7, 11) is -7.48. The molecule has 18 heavy (non-hydrogen) atoms. The Morgan fingerprint density at radius 2 is 1.94 bits per heavy atom. The molecule has 0 aliphatic heterocycles. The molecule has 6 nitrogen and oxygen atoms in total. The van der Waals surface area contributed by atoms with Crippen molar-refractivity contribution in [2.24, 2.45) is 0 Å². The van der Waals surface area contributed by atoms with Crippen LogP contribution in [0.25, 0.3) is 0 Å². The minimum Gasteiger partial charge on any atom is -0.228 e. The van der Waals surface area contributed by atoms with Crippen molar-refractivity contribution in [2.45, 2.75) is 6.54 Å². The topological polar surface area (TPSA) is 104 Å². The number of nitrogens with one attached hydrogen (secondary N) is 1.